The molecule has 0 spiro atoms. The number of hydrogen-bond donors (Lipinski definition) is 1. The van der Waals surface area contributed by atoms with Crippen molar-refractivity contribution < 1.29 is 4.74 Å². The first-order chi connectivity index (χ1) is 13.7. The molecule has 0 aliphatic rings. The van der Waals surface area contributed by atoms with E-state index in [0.717, 1.165) is 58.7 Å². The summed E-state index contributed by atoms with van der Waals surface area (Å²) in [5.74, 6) is 1.68. The molecule has 0 aliphatic carbocycles. The molecule has 4 aromatic rings. The van der Waals surface area contributed by atoms with Crippen molar-refractivity contribution in [2.45, 2.75) is 19.8 Å². The highest BCUT2D eigenvalue weighted by Gasteiger charge is 2.13. The van der Waals surface area contributed by atoms with E-state index in [4.69, 9.17) is 21.9 Å². The van der Waals surface area contributed by atoms with E-state index in [1.54, 1.807) is 0 Å². The topological polar surface area (TPSA) is 55.7 Å². The largest absolute Gasteiger partial charge is 0.494 e. The van der Waals surface area contributed by atoms with E-state index in [1.165, 1.54) is 0 Å². The van der Waals surface area contributed by atoms with Gasteiger partial charge in [0.15, 0.2) is 10.6 Å². The lowest BCUT2D eigenvalue weighted by molar-refractivity contribution is 0.309. The molecule has 0 atom stereocenters. The van der Waals surface area contributed by atoms with E-state index < -0.39 is 0 Å². The maximum atomic E-state index is 5.77. The Kier molecular flexibility index (Phi) is 5.21. The Morgan fingerprint density at radius 1 is 1.11 bits per heavy atom. The number of hydrogen-bond acceptors (Lipinski definition) is 4. The zero-order chi connectivity index (χ0) is 19.5. The van der Waals surface area contributed by atoms with Crippen LogP contribution < -0.4 is 4.74 Å². The van der Waals surface area contributed by atoms with Crippen LogP contribution in [0.2, 0.25) is 0 Å². The zero-order valence-corrected chi connectivity index (χ0v) is 16.8. The third-order valence-electron chi connectivity index (χ3n) is 4.75. The van der Waals surface area contributed by atoms with Gasteiger partial charge in [-0.15, -0.1) is 0 Å². The summed E-state index contributed by atoms with van der Waals surface area (Å²) in [5, 5.41) is 8.34. The van der Waals surface area contributed by atoms with Crippen LogP contribution in [-0.4, -0.2) is 26.4 Å². The molecular formula is C22H22N4OS. The average Bonchev–Trinajstić information content (AvgIpc) is 3.06. The third kappa shape index (κ3) is 3.55. The molecule has 0 aliphatic heterocycles. The number of fused-ring (bicyclic) bond motifs is 1. The van der Waals surface area contributed by atoms with Crippen molar-refractivity contribution >= 4 is 23.1 Å². The second-order valence-corrected chi connectivity index (χ2v) is 7.10. The summed E-state index contributed by atoms with van der Waals surface area (Å²) < 4.78 is 8.24. The molecular weight excluding hydrogens is 368 g/mol. The molecule has 2 heterocycles. The van der Waals surface area contributed by atoms with E-state index in [1.807, 2.05) is 54.1 Å². The molecule has 0 fully saturated rings. The summed E-state index contributed by atoms with van der Waals surface area (Å²) in [6.07, 6.45) is 2.18. The van der Waals surface area contributed by atoms with Crippen LogP contribution in [0.1, 0.15) is 19.8 Å². The number of nitrogens with zero attached hydrogens (tertiary/aromatic N) is 3. The summed E-state index contributed by atoms with van der Waals surface area (Å²) in [4.78, 5) is 4.86. The number of nitrogens with one attached hydrogen (secondary N) is 1. The molecule has 2 aromatic heterocycles. The standard InChI is InChI=1S/C22H22N4OS/c1-3-4-13-27-16-11-9-15(10-12-16)20-14-18(21-24-25-22(28)26(21)2)17-7-5-6-8-19(17)23-20/h5-12,14H,3-4,13H2,1-2H3,(H,25,28). The minimum atomic E-state index is 0.589. The van der Waals surface area contributed by atoms with E-state index in [2.05, 4.69) is 29.3 Å². The van der Waals surface area contributed by atoms with E-state index in [0.29, 0.717) is 4.77 Å². The van der Waals surface area contributed by atoms with Gasteiger partial charge in [0.1, 0.15) is 5.75 Å². The number of ether oxygens (including phenoxy) is 1. The van der Waals surface area contributed by atoms with Gasteiger partial charge in [0.2, 0.25) is 0 Å². The van der Waals surface area contributed by atoms with Gasteiger partial charge >= 0.3 is 0 Å². The van der Waals surface area contributed by atoms with Gasteiger partial charge < -0.3 is 9.30 Å². The van der Waals surface area contributed by atoms with Crippen LogP contribution in [0.25, 0.3) is 33.5 Å². The highest BCUT2D eigenvalue weighted by Crippen LogP contribution is 2.31. The molecule has 4 rings (SSSR count). The van der Waals surface area contributed by atoms with Gasteiger partial charge in [0.25, 0.3) is 0 Å². The zero-order valence-electron chi connectivity index (χ0n) is 16.0. The highest BCUT2D eigenvalue weighted by molar-refractivity contribution is 7.71. The Balaban J connectivity index is 1.78. The number of pyridine rings is 1. The highest BCUT2D eigenvalue weighted by atomic mass is 32.1. The van der Waals surface area contributed by atoms with Crippen LogP contribution in [-0.2, 0) is 7.05 Å². The van der Waals surface area contributed by atoms with E-state index in [-0.39, 0.29) is 0 Å². The van der Waals surface area contributed by atoms with Gasteiger partial charge in [-0.05, 0) is 55.0 Å². The smallest absolute Gasteiger partial charge is 0.195 e. The number of H-pyrrole nitrogens is 1. The maximum absolute atomic E-state index is 5.77. The van der Waals surface area contributed by atoms with E-state index in [9.17, 15) is 0 Å². The van der Waals surface area contributed by atoms with Crippen molar-refractivity contribution in [1.82, 2.24) is 19.7 Å². The first kappa shape index (κ1) is 18.4. The normalized spacial score (nSPS) is 11.1. The molecule has 6 heteroatoms. The molecule has 0 unspecified atom stereocenters. The van der Waals surface area contributed by atoms with Crippen molar-refractivity contribution in [3.63, 3.8) is 0 Å². The Labute approximate surface area is 169 Å². The Morgan fingerprint density at radius 3 is 2.61 bits per heavy atom. The summed E-state index contributed by atoms with van der Waals surface area (Å²) >= 11 is 5.30. The van der Waals surface area contributed by atoms with Gasteiger partial charge in [0.05, 0.1) is 17.8 Å². The number of rotatable bonds is 6. The van der Waals surface area contributed by atoms with Crippen molar-refractivity contribution in [2.24, 2.45) is 7.05 Å². The van der Waals surface area contributed by atoms with Crippen LogP contribution in [0, 0.1) is 4.77 Å². The van der Waals surface area contributed by atoms with Crippen LogP contribution >= 0.6 is 12.2 Å². The molecule has 0 saturated heterocycles. The van der Waals surface area contributed by atoms with Gasteiger partial charge in [-0.2, -0.15) is 5.10 Å². The van der Waals surface area contributed by atoms with Gasteiger partial charge in [0, 0.05) is 23.6 Å². The minimum absolute atomic E-state index is 0.589. The molecule has 0 saturated carbocycles. The fraction of sp³-hybridized carbons (Fsp3) is 0.227. The molecule has 1 N–H and O–H groups in total. The number of aromatic amines is 1. The monoisotopic (exact) mass is 390 g/mol. The van der Waals surface area contributed by atoms with Crippen molar-refractivity contribution in [1.29, 1.82) is 0 Å². The molecule has 2 aromatic carbocycles. The van der Waals surface area contributed by atoms with Crippen LogP contribution in [0.3, 0.4) is 0 Å². The second kappa shape index (κ2) is 7.94. The Bertz CT molecular complexity index is 1160. The fourth-order valence-electron chi connectivity index (χ4n) is 3.15. The second-order valence-electron chi connectivity index (χ2n) is 6.71. The van der Waals surface area contributed by atoms with Gasteiger partial charge in [-0.25, -0.2) is 4.98 Å². The van der Waals surface area contributed by atoms with Gasteiger partial charge in [-0.3, -0.25) is 5.10 Å². The lowest BCUT2D eigenvalue weighted by atomic mass is 10.0. The van der Waals surface area contributed by atoms with Crippen molar-refractivity contribution in [2.75, 3.05) is 6.61 Å². The first-order valence-electron chi connectivity index (χ1n) is 9.42. The molecule has 5 nitrogen and oxygen atoms in total. The van der Waals surface area contributed by atoms with Crippen LogP contribution in [0.15, 0.2) is 54.6 Å². The third-order valence-corrected chi connectivity index (χ3v) is 5.12. The predicted octanol–water partition coefficient (Wildman–Crippen LogP) is 5.54. The quantitative estimate of drug-likeness (QED) is 0.347. The summed E-state index contributed by atoms with van der Waals surface area (Å²) in [7, 11) is 1.92. The summed E-state index contributed by atoms with van der Waals surface area (Å²) in [6.45, 7) is 2.90. The number of aromatic nitrogens is 4. The first-order valence-corrected chi connectivity index (χ1v) is 9.83. The molecule has 142 valence electrons. The number of benzene rings is 2. The van der Waals surface area contributed by atoms with Gasteiger partial charge in [-0.1, -0.05) is 31.5 Å². The van der Waals surface area contributed by atoms with Crippen LogP contribution in [0.4, 0.5) is 0 Å². The summed E-state index contributed by atoms with van der Waals surface area (Å²) in [5.41, 5.74) is 3.85. The van der Waals surface area contributed by atoms with Crippen LogP contribution in [0.5, 0.6) is 5.75 Å². The number of para-hydroxylation sites is 1. The lowest BCUT2D eigenvalue weighted by Gasteiger charge is -2.10. The Hall–Kier alpha value is -2.99. The lowest BCUT2D eigenvalue weighted by Crippen LogP contribution is -1.97. The SMILES string of the molecule is CCCCOc1ccc(-c2cc(-c3n[nH]c(=S)n3C)c3ccccc3n2)cc1. The minimum Gasteiger partial charge on any atom is -0.494 e. The fourth-order valence-corrected chi connectivity index (χ4v) is 3.28. The number of unbranched alkanes of at least 4 members (excludes halogenated alkanes) is 1. The van der Waals surface area contributed by atoms with Crippen molar-refractivity contribution in [3.05, 3.63) is 59.4 Å². The molecule has 0 amide bonds. The molecule has 28 heavy (non-hydrogen) atoms. The maximum Gasteiger partial charge on any atom is 0.195 e. The predicted molar refractivity (Wildman–Crippen MR) is 115 cm³/mol. The molecule has 0 radical (unpaired) electrons. The van der Waals surface area contributed by atoms with Crippen molar-refractivity contribution in [3.8, 4) is 28.4 Å². The van der Waals surface area contributed by atoms with E-state index >= 15 is 0 Å². The molecule has 0 bridgehead atoms. The Morgan fingerprint density at radius 2 is 1.89 bits per heavy atom. The summed E-state index contributed by atoms with van der Waals surface area (Å²) in [6, 6.07) is 18.2. The average molecular weight is 391 g/mol.